The molecule has 6 heteroatoms. The van der Waals surface area contributed by atoms with E-state index in [2.05, 4.69) is 5.32 Å². The maximum atomic E-state index is 12.5. The van der Waals surface area contributed by atoms with E-state index in [0.29, 0.717) is 29.5 Å². The number of benzene rings is 2. The minimum absolute atomic E-state index is 0.158. The Bertz CT molecular complexity index is 746. The lowest BCUT2D eigenvalue weighted by Crippen LogP contribution is -2.42. The van der Waals surface area contributed by atoms with Crippen molar-refractivity contribution in [1.82, 2.24) is 4.90 Å². The highest BCUT2D eigenvalue weighted by Gasteiger charge is 2.28. The Hall–Kier alpha value is -2.24. The van der Waals surface area contributed by atoms with Crippen LogP contribution in [0, 0.1) is 5.92 Å². The molecule has 2 aromatic carbocycles. The van der Waals surface area contributed by atoms with Gasteiger partial charge in [0.05, 0.1) is 23.9 Å². The van der Waals surface area contributed by atoms with Crippen LogP contribution in [-0.4, -0.2) is 36.2 Å². The Kier molecular flexibility index (Phi) is 6.01. The lowest BCUT2D eigenvalue weighted by Gasteiger charge is -2.34. The van der Waals surface area contributed by atoms with Crippen LogP contribution in [0.5, 0.6) is 5.75 Å². The number of hydrogen-bond acceptors (Lipinski definition) is 3. The molecule has 0 bridgehead atoms. The first-order valence-corrected chi connectivity index (χ1v) is 9.08. The van der Waals surface area contributed by atoms with Gasteiger partial charge in [0.25, 0.3) is 0 Å². The second-order valence-electron chi connectivity index (χ2n) is 6.46. The predicted octanol–water partition coefficient (Wildman–Crippen LogP) is 4.33. The fourth-order valence-electron chi connectivity index (χ4n) is 3.26. The third-order valence-corrected chi connectivity index (χ3v) is 5.15. The molecule has 2 amide bonds. The van der Waals surface area contributed by atoms with E-state index >= 15 is 0 Å². The molecule has 3 rings (SSSR count). The van der Waals surface area contributed by atoms with Crippen LogP contribution in [0.15, 0.2) is 48.5 Å². The number of rotatable bonds is 4. The van der Waals surface area contributed by atoms with Crippen molar-refractivity contribution in [3.63, 3.8) is 0 Å². The number of aliphatic hydroxyl groups is 1. The topological polar surface area (TPSA) is 61.8 Å². The Morgan fingerprint density at radius 3 is 2.54 bits per heavy atom. The zero-order valence-corrected chi connectivity index (χ0v) is 15.4. The zero-order valence-electron chi connectivity index (χ0n) is 14.7. The normalized spacial score (nSPS) is 16.2. The summed E-state index contributed by atoms with van der Waals surface area (Å²) < 4.78 is 5.11. The number of nitrogens with zero attached hydrogens (tertiary/aromatic N) is 1. The SMILES string of the molecule is COc1ccc(NC(=O)N2CCC(C(O)c3ccccc3)CC2)c(Cl)c1. The molecular formula is C20H23ClN2O3. The molecule has 5 nitrogen and oxygen atoms in total. The van der Waals surface area contributed by atoms with Crippen LogP contribution in [-0.2, 0) is 0 Å². The Morgan fingerprint density at radius 1 is 1.23 bits per heavy atom. The quantitative estimate of drug-likeness (QED) is 0.837. The average molecular weight is 375 g/mol. The number of urea groups is 1. The van der Waals surface area contributed by atoms with Gasteiger partial charge in [0, 0.05) is 19.2 Å². The second-order valence-corrected chi connectivity index (χ2v) is 6.86. The minimum Gasteiger partial charge on any atom is -0.497 e. The predicted molar refractivity (Wildman–Crippen MR) is 103 cm³/mol. The van der Waals surface area contributed by atoms with E-state index in [4.69, 9.17) is 16.3 Å². The summed E-state index contributed by atoms with van der Waals surface area (Å²) in [6, 6.07) is 14.6. The number of ether oxygens (including phenoxy) is 1. The monoisotopic (exact) mass is 374 g/mol. The van der Waals surface area contributed by atoms with Crippen molar-refractivity contribution < 1.29 is 14.6 Å². The van der Waals surface area contributed by atoms with Gasteiger partial charge < -0.3 is 20.1 Å². The summed E-state index contributed by atoms with van der Waals surface area (Å²) in [5.74, 6) is 0.801. The molecule has 1 atom stereocenters. The van der Waals surface area contributed by atoms with Crippen LogP contribution in [0.3, 0.4) is 0 Å². The number of hydrogen-bond donors (Lipinski definition) is 2. The fraction of sp³-hybridized carbons (Fsp3) is 0.350. The highest BCUT2D eigenvalue weighted by Crippen LogP contribution is 2.31. The van der Waals surface area contributed by atoms with E-state index in [1.165, 1.54) is 0 Å². The second kappa shape index (κ2) is 8.43. The number of carbonyl (C=O) groups excluding carboxylic acids is 1. The van der Waals surface area contributed by atoms with Gasteiger partial charge in [0.15, 0.2) is 0 Å². The van der Waals surface area contributed by atoms with E-state index in [0.717, 1.165) is 18.4 Å². The zero-order chi connectivity index (χ0) is 18.5. The van der Waals surface area contributed by atoms with E-state index in [1.807, 2.05) is 30.3 Å². The molecule has 0 radical (unpaired) electrons. The van der Waals surface area contributed by atoms with Gasteiger partial charge in [-0.3, -0.25) is 0 Å². The van der Waals surface area contributed by atoms with E-state index in [9.17, 15) is 9.90 Å². The van der Waals surface area contributed by atoms with Crippen molar-refractivity contribution in [2.75, 3.05) is 25.5 Å². The standard InChI is InChI=1S/C20H23ClN2O3/c1-26-16-7-8-18(17(21)13-16)22-20(25)23-11-9-15(10-12-23)19(24)14-5-3-2-4-6-14/h2-8,13,15,19,24H,9-12H2,1H3,(H,22,25). The molecule has 1 aliphatic rings. The summed E-state index contributed by atoms with van der Waals surface area (Å²) >= 11 is 6.18. The van der Waals surface area contributed by atoms with Crippen molar-refractivity contribution in [3.05, 3.63) is 59.1 Å². The minimum atomic E-state index is -0.488. The molecule has 1 saturated heterocycles. The van der Waals surface area contributed by atoms with Gasteiger partial charge in [0.2, 0.25) is 0 Å². The van der Waals surface area contributed by atoms with Gasteiger partial charge in [-0.2, -0.15) is 0 Å². The molecule has 1 aliphatic heterocycles. The highest BCUT2D eigenvalue weighted by atomic mass is 35.5. The smallest absolute Gasteiger partial charge is 0.321 e. The number of nitrogens with one attached hydrogen (secondary N) is 1. The molecule has 0 aliphatic carbocycles. The number of carbonyl (C=O) groups is 1. The Morgan fingerprint density at radius 2 is 1.92 bits per heavy atom. The molecular weight excluding hydrogens is 352 g/mol. The van der Waals surface area contributed by atoms with Crippen LogP contribution in [0.25, 0.3) is 0 Å². The van der Waals surface area contributed by atoms with Crippen LogP contribution >= 0.6 is 11.6 Å². The first-order chi connectivity index (χ1) is 12.6. The number of aliphatic hydroxyl groups excluding tert-OH is 1. The summed E-state index contributed by atoms with van der Waals surface area (Å²) in [7, 11) is 1.57. The van der Waals surface area contributed by atoms with Gasteiger partial charge in [-0.15, -0.1) is 0 Å². The summed E-state index contributed by atoms with van der Waals surface area (Å²) in [6.07, 6.45) is 1.04. The maximum Gasteiger partial charge on any atom is 0.321 e. The lowest BCUT2D eigenvalue weighted by molar-refractivity contribution is 0.0683. The van der Waals surface area contributed by atoms with Crippen LogP contribution < -0.4 is 10.1 Å². The molecule has 26 heavy (non-hydrogen) atoms. The number of amides is 2. The Labute approximate surface area is 158 Å². The molecule has 0 saturated carbocycles. The van der Waals surface area contributed by atoms with Crippen molar-refractivity contribution in [2.24, 2.45) is 5.92 Å². The summed E-state index contributed by atoms with van der Waals surface area (Å²) in [5.41, 5.74) is 1.49. The van der Waals surface area contributed by atoms with Crippen molar-refractivity contribution in [2.45, 2.75) is 18.9 Å². The Balaban J connectivity index is 1.55. The number of likely N-dealkylation sites (tertiary alicyclic amines) is 1. The van der Waals surface area contributed by atoms with E-state index < -0.39 is 6.10 Å². The molecule has 138 valence electrons. The first kappa shape index (κ1) is 18.5. The van der Waals surface area contributed by atoms with Gasteiger partial charge in [0.1, 0.15) is 5.75 Å². The third-order valence-electron chi connectivity index (χ3n) is 4.83. The molecule has 0 spiro atoms. The first-order valence-electron chi connectivity index (χ1n) is 8.71. The number of piperidine rings is 1. The maximum absolute atomic E-state index is 12.5. The summed E-state index contributed by atoms with van der Waals surface area (Å²) in [4.78, 5) is 14.2. The number of methoxy groups -OCH3 is 1. The summed E-state index contributed by atoms with van der Waals surface area (Å²) in [5, 5.41) is 13.8. The largest absolute Gasteiger partial charge is 0.497 e. The van der Waals surface area contributed by atoms with Gasteiger partial charge in [-0.05, 0) is 36.5 Å². The molecule has 1 unspecified atom stereocenters. The highest BCUT2D eigenvalue weighted by molar-refractivity contribution is 6.33. The number of halogens is 1. The van der Waals surface area contributed by atoms with Gasteiger partial charge >= 0.3 is 6.03 Å². The molecule has 2 N–H and O–H groups in total. The van der Waals surface area contributed by atoms with Gasteiger partial charge in [-0.1, -0.05) is 41.9 Å². The number of anilines is 1. The average Bonchev–Trinajstić information content (AvgIpc) is 2.69. The fourth-order valence-corrected chi connectivity index (χ4v) is 3.48. The molecule has 0 aromatic heterocycles. The lowest BCUT2D eigenvalue weighted by atomic mass is 9.87. The van der Waals surface area contributed by atoms with E-state index in [-0.39, 0.29) is 11.9 Å². The molecule has 1 fully saturated rings. The van der Waals surface area contributed by atoms with Gasteiger partial charge in [-0.25, -0.2) is 4.79 Å². The molecule has 1 heterocycles. The third kappa shape index (κ3) is 4.29. The van der Waals surface area contributed by atoms with Crippen molar-refractivity contribution >= 4 is 23.3 Å². The van der Waals surface area contributed by atoms with Crippen LogP contribution in [0.2, 0.25) is 5.02 Å². The van der Waals surface area contributed by atoms with Crippen LogP contribution in [0.1, 0.15) is 24.5 Å². The van der Waals surface area contributed by atoms with Crippen LogP contribution in [0.4, 0.5) is 10.5 Å². The van der Waals surface area contributed by atoms with E-state index in [1.54, 1.807) is 30.2 Å². The van der Waals surface area contributed by atoms with Crippen molar-refractivity contribution in [1.29, 1.82) is 0 Å². The van der Waals surface area contributed by atoms with Crippen molar-refractivity contribution in [3.8, 4) is 5.75 Å². The summed E-state index contributed by atoms with van der Waals surface area (Å²) in [6.45, 7) is 1.21. The molecule has 2 aromatic rings.